The van der Waals surface area contributed by atoms with Gasteiger partial charge in [-0.05, 0) is 24.3 Å². The molecule has 1 amide bonds. The van der Waals surface area contributed by atoms with E-state index in [1.54, 1.807) is 36.4 Å². The van der Waals surface area contributed by atoms with Crippen molar-refractivity contribution in [2.45, 2.75) is 0 Å². The van der Waals surface area contributed by atoms with Gasteiger partial charge in [-0.15, -0.1) is 0 Å². The van der Waals surface area contributed by atoms with E-state index in [1.807, 2.05) is 6.07 Å². The zero-order chi connectivity index (χ0) is 15.8. The van der Waals surface area contributed by atoms with E-state index in [2.05, 4.69) is 10.5 Å². The maximum Gasteiger partial charge on any atom is 0.275 e. The Bertz CT molecular complexity index is 735. The molecule has 0 aliphatic heterocycles. The fourth-order valence-electron chi connectivity index (χ4n) is 1.71. The highest BCUT2D eigenvalue weighted by Gasteiger charge is 2.08. The van der Waals surface area contributed by atoms with Crippen molar-refractivity contribution in [1.29, 1.82) is 5.26 Å². The van der Waals surface area contributed by atoms with Crippen LogP contribution in [0.2, 0.25) is 0 Å². The molecule has 2 rings (SSSR count). The summed E-state index contributed by atoms with van der Waals surface area (Å²) in [6.45, 7) is -0.0743. The molecule has 0 radical (unpaired) electrons. The highest BCUT2D eigenvalue weighted by molar-refractivity contribution is 5.97. The van der Waals surface area contributed by atoms with Crippen molar-refractivity contribution in [3.8, 4) is 17.6 Å². The number of nitrogens with zero attached hydrogens (tertiary/aromatic N) is 2. The van der Waals surface area contributed by atoms with E-state index in [9.17, 15) is 9.90 Å². The molecular weight excluding hydrogens is 282 g/mol. The van der Waals surface area contributed by atoms with Crippen molar-refractivity contribution in [3.05, 3.63) is 59.7 Å². The number of para-hydroxylation sites is 2. The highest BCUT2D eigenvalue weighted by Crippen LogP contribution is 2.16. The average Bonchev–Trinajstić information content (AvgIpc) is 2.54. The van der Waals surface area contributed by atoms with Crippen molar-refractivity contribution in [2.24, 2.45) is 5.10 Å². The number of benzene rings is 2. The second-order valence-corrected chi connectivity index (χ2v) is 4.20. The molecule has 0 heterocycles. The molecule has 0 aliphatic carbocycles. The molecule has 6 nitrogen and oxygen atoms in total. The molecule has 2 aromatic rings. The maximum atomic E-state index is 11.9. The Morgan fingerprint density at radius 2 is 2.00 bits per heavy atom. The van der Waals surface area contributed by atoms with Gasteiger partial charge in [0.25, 0.3) is 5.91 Å². The maximum absolute atomic E-state index is 11.9. The molecule has 6 heteroatoms. The molecular formula is C16H13N3O3. The standard InChI is InChI=1S/C16H13N3O3/c17-9-10-22-15-8-4-1-5-12(15)11-18-19-16(21)13-6-2-3-7-14(13)20/h1-8,11,20H,10H2,(H,19,21)/b18-11-. The number of hydrogen-bond donors (Lipinski definition) is 2. The van der Waals surface area contributed by atoms with Crippen LogP contribution in [0, 0.1) is 11.3 Å². The molecule has 0 unspecified atom stereocenters. The minimum atomic E-state index is -0.523. The van der Waals surface area contributed by atoms with Crippen LogP contribution in [-0.4, -0.2) is 23.8 Å². The van der Waals surface area contributed by atoms with Crippen molar-refractivity contribution >= 4 is 12.1 Å². The molecule has 0 fully saturated rings. The molecule has 0 aliphatic rings. The normalized spacial score (nSPS) is 10.1. The first kappa shape index (κ1) is 15.1. The lowest BCUT2D eigenvalue weighted by atomic mass is 10.2. The molecule has 0 atom stereocenters. The predicted molar refractivity (Wildman–Crippen MR) is 80.7 cm³/mol. The fourth-order valence-corrected chi connectivity index (χ4v) is 1.71. The monoisotopic (exact) mass is 295 g/mol. The van der Waals surface area contributed by atoms with Gasteiger partial charge in [-0.2, -0.15) is 10.4 Å². The number of carbonyl (C=O) groups is 1. The summed E-state index contributed by atoms with van der Waals surface area (Å²) in [5.74, 6) is -0.151. The fraction of sp³-hybridized carbons (Fsp3) is 0.0625. The quantitative estimate of drug-likeness (QED) is 0.652. The molecule has 0 aromatic heterocycles. The lowest BCUT2D eigenvalue weighted by molar-refractivity contribution is 0.0952. The summed E-state index contributed by atoms with van der Waals surface area (Å²) in [5.41, 5.74) is 3.08. The van der Waals surface area contributed by atoms with Crippen LogP contribution in [-0.2, 0) is 0 Å². The third kappa shape index (κ3) is 3.84. The smallest absolute Gasteiger partial charge is 0.275 e. The van der Waals surface area contributed by atoms with Gasteiger partial charge in [0.2, 0.25) is 0 Å². The van der Waals surface area contributed by atoms with Crippen LogP contribution in [0.5, 0.6) is 11.5 Å². The van der Waals surface area contributed by atoms with E-state index < -0.39 is 5.91 Å². The number of amides is 1. The Hall–Kier alpha value is -3.33. The van der Waals surface area contributed by atoms with Crippen molar-refractivity contribution in [3.63, 3.8) is 0 Å². The van der Waals surface area contributed by atoms with E-state index >= 15 is 0 Å². The zero-order valence-corrected chi connectivity index (χ0v) is 11.6. The largest absolute Gasteiger partial charge is 0.507 e. The van der Waals surface area contributed by atoms with Gasteiger partial charge in [0, 0.05) is 5.56 Å². The van der Waals surface area contributed by atoms with Crippen LogP contribution in [0.4, 0.5) is 0 Å². The zero-order valence-electron chi connectivity index (χ0n) is 11.6. The first-order chi connectivity index (χ1) is 10.7. The Labute approximate surface area is 127 Å². The Kier molecular flexibility index (Phi) is 5.10. The molecule has 0 saturated heterocycles. The van der Waals surface area contributed by atoms with Gasteiger partial charge in [-0.3, -0.25) is 4.79 Å². The second kappa shape index (κ2) is 7.45. The summed E-state index contributed by atoms with van der Waals surface area (Å²) < 4.78 is 5.24. The number of carbonyl (C=O) groups excluding carboxylic acids is 1. The van der Waals surface area contributed by atoms with E-state index in [1.165, 1.54) is 18.3 Å². The lowest BCUT2D eigenvalue weighted by Gasteiger charge is -2.05. The van der Waals surface area contributed by atoms with E-state index in [0.29, 0.717) is 11.3 Å². The molecule has 0 spiro atoms. The summed E-state index contributed by atoms with van der Waals surface area (Å²) >= 11 is 0. The third-order valence-electron chi connectivity index (χ3n) is 2.73. The van der Waals surface area contributed by atoms with Gasteiger partial charge >= 0.3 is 0 Å². The lowest BCUT2D eigenvalue weighted by Crippen LogP contribution is -2.17. The predicted octanol–water partition coefficient (Wildman–Crippen LogP) is 2.06. The van der Waals surface area contributed by atoms with Crippen LogP contribution >= 0.6 is 0 Å². The Morgan fingerprint density at radius 1 is 1.27 bits per heavy atom. The number of ether oxygens (including phenoxy) is 1. The van der Waals surface area contributed by atoms with Gasteiger partial charge in [-0.1, -0.05) is 24.3 Å². The molecule has 22 heavy (non-hydrogen) atoms. The minimum Gasteiger partial charge on any atom is -0.507 e. The summed E-state index contributed by atoms with van der Waals surface area (Å²) in [4.78, 5) is 11.9. The summed E-state index contributed by atoms with van der Waals surface area (Å²) in [7, 11) is 0. The highest BCUT2D eigenvalue weighted by atomic mass is 16.5. The topological polar surface area (TPSA) is 94.7 Å². The molecule has 0 saturated carbocycles. The van der Waals surface area contributed by atoms with Crippen LogP contribution in [0.1, 0.15) is 15.9 Å². The van der Waals surface area contributed by atoms with E-state index in [0.717, 1.165) is 0 Å². The Morgan fingerprint density at radius 3 is 2.77 bits per heavy atom. The molecule has 2 N–H and O–H groups in total. The molecule has 110 valence electrons. The van der Waals surface area contributed by atoms with Crippen molar-refractivity contribution in [2.75, 3.05) is 6.61 Å². The number of nitriles is 1. The number of phenols is 1. The minimum absolute atomic E-state index is 0.0743. The first-order valence-electron chi connectivity index (χ1n) is 6.42. The van der Waals surface area contributed by atoms with Gasteiger partial charge in [0.15, 0.2) is 6.61 Å². The van der Waals surface area contributed by atoms with Gasteiger partial charge < -0.3 is 9.84 Å². The summed E-state index contributed by atoms with van der Waals surface area (Å²) in [5, 5.41) is 21.9. The van der Waals surface area contributed by atoms with Gasteiger partial charge in [-0.25, -0.2) is 5.43 Å². The first-order valence-corrected chi connectivity index (χ1v) is 6.42. The van der Waals surface area contributed by atoms with Crippen molar-refractivity contribution < 1.29 is 14.6 Å². The van der Waals surface area contributed by atoms with Crippen LogP contribution in [0.25, 0.3) is 0 Å². The number of aromatic hydroxyl groups is 1. The van der Waals surface area contributed by atoms with Crippen LogP contribution in [0.15, 0.2) is 53.6 Å². The van der Waals surface area contributed by atoms with E-state index in [-0.39, 0.29) is 17.9 Å². The van der Waals surface area contributed by atoms with Crippen LogP contribution < -0.4 is 10.2 Å². The molecule has 0 bridgehead atoms. The number of phenolic OH excluding ortho intramolecular Hbond substituents is 1. The number of nitrogens with one attached hydrogen (secondary N) is 1. The Balaban J connectivity index is 2.06. The number of rotatable bonds is 5. The number of hydrogen-bond acceptors (Lipinski definition) is 5. The third-order valence-corrected chi connectivity index (χ3v) is 2.73. The second-order valence-electron chi connectivity index (χ2n) is 4.20. The van der Waals surface area contributed by atoms with E-state index in [4.69, 9.17) is 10.00 Å². The van der Waals surface area contributed by atoms with Gasteiger partial charge in [0.1, 0.15) is 17.6 Å². The summed E-state index contributed by atoms with van der Waals surface area (Å²) in [6.07, 6.45) is 1.41. The number of hydrazone groups is 1. The van der Waals surface area contributed by atoms with Crippen LogP contribution in [0.3, 0.4) is 0 Å². The average molecular weight is 295 g/mol. The SMILES string of the molecule is N#CCOc1ccccc1/C=N\NC(=O)c1ccccc1O. The summed E-state index contributed by atoms with van der Waals surface area (Å²) in [6, 6.07) is 15.0. The molecule has 2 aromatic carbocycles. The van der Waals surface area contributed by atoms with Gasteiger partial charge in [0.05, 0.1) is 11.8 Å². The van der Waals surface area contributed by atoms with Crippen molar-refractivity contribution in [1.82, 2.24) is 5.43 Å².